The van der Waals surface area contributed by atoms with E-state index in [0.29, 0.717) is 12.8 Å². The van der Waals surface area contributed by atoms with Gasteiger partial charge in [-0.1, -0.05) is 30.3 Å². The van der Waals surface area contributed by atoms with Crippen molar-refractivity contribution in [3.8, 4) is 0 Å². The molecule has 3 rings (SSSR count). The minimum Gasteiger partial charge on any atom is -0.479 e. The van der Waals surface area contributed by atoms with Gasteiger partial charge in [-0.3, -0.25) is 4.90 Å². The lowest BCUT2D eigenvalue weighted by Gasteiger charge is -2.41. The van der Waals surface area contributed by atoms with Crippen LogP contribution in [-0.4, -0.2) is 38.8 Å². The van der Waals surface area contributed by atoms with Crippen LogP contribution in [0, 0.1) is 0 Å². The van der Waals surface area contributed by atoms with Gasteiger partial charge in [0, 0.05) is 31.5 Å². The van der Waals surface area contributed by atoms with Crippen molar-refractivity contribution < 1.29 is 15.0 Å². The Kier molecular flexibility index (Phi) is 3.07. The van der Waals surface area contributed by atoms with Crippen LogP contribution in [-0.2, 0) is 11.3 Å². The van der Waals surface area contributed by atoms with Crippen LogP contribution in [0.2, 0.25) is 0 Å². The van der Waals surface area contributed by atoms with Crippen molar-refractivity contribution in [3.63, 3.8) is 0 Å². The first kappa shape index (κ1) is 12.6. The highest BCUT2D eigenvalue weighted by molar-refractivity contribution is 5.77. The first-order valence-corrected chi connectivity index (χ1v) is 6.84. The van der Waals surface area contributed by atoms with Gasteiger partial charge in [0.2, 0.25) is 0 Å². The summed E-state index contributed by atoms with van der Waals surface area (Å²) >= 11 is 0. The zero-order valence-electron chi connectivity index (χ0n) is 10.8. The van der Waals surface area contributed by atoms with E-state index >= 15 is 0 Å². The van der Waals surface area contributed by atoms with Crippen molar-refractivity contribution in [3.05, 3.63) is 35.9 Å². The maximum atomic E-state index is 11.2. The summed E-state index contributed by atoms with van der Waals surface area (Å²) in [5.41, 5.74) is -0.265. The molecule has 19 heavy (non-hydrogen) atoms. The molecule has 0 amide bonds. The Balaban J connectivity index is 1.75. The molecule has 2 fully saturated rings. The number of aliphatic hydroxyl groups is 1. The largest absolute Gasteiger partial charge is 0.479 e. The van der Waals surface area contributed by atoms with E-state index in [1.165, 1.54) is 5.56 Å². The summed E-state index contributed by atoms with van der Waals surface area (Å²) in [6, 6.07) is 10.6. The minimum absolute atomic E-state index is 0.194. The maximum absolute atomic E-state index is 11.2. The highest BCUT2D eigenvalue weighted by Crippen LogP contribution is 2.41. The summed E-state index contributed by atoms with van der Waals surface area (Å²) in [7, 11) is 0. The first-order valence-electron chi connectivity index (χ1n) is 6.84. The zero-order chi connectivity index (χ0) is 13.5. The topological polar surface area (TPSA) is 60.8 Å². The molecule has 0 spiro atoms. The van der Waals surface area contributed by atoms with E-state index in [2.05, 4.69) is 17.0 Å². The molecular formula is C15H19NO3. The molecule has 0 aliphatic carbocycles. The predicted molar refractivity (Wildman–Crippen MR) is 70.6 cm³/mol. The van der Waals surface area contributed by atoms with Crippen LogP contribution >= 0.6 is 0 Å². The summed E-state index contributed by atoms with van der Waals surface area (Å²) in [6.07, 6.45) is 2.69. The van der Waals surface area contributed by atoms with Gasteiger partial charge in [0.05, 0.1) is 0 Å². The van der Waals surface area contributed by atoms with Gasteiger partial charge in [-0.05, 0) is 18.4 Å². The number of benzene rings is 1. The van der Waals surface area contributed by atoms with Crippen LogP contribution in [0.15, 0.2) is 30.3 Å². The van der Waals surface area contributed by atoms with Gasteiger partial charge >= 0.3 is 5.97 Å². The number of carboxylic acids is 1. The van der Waals surface area contributed by atoms with Gasteiger partial charge in [-0.15, -0.1) is 0 Å². The van der Waals surface area contributed by atoms with Crippen molar-refractivity contribution in [2.75, 3.05) is 0 Å². The molecule has 3 atom stereocenters. The number of hydrogen-bond donors (Lipinski definition) is 2. The van der Waals surface area contributed by atoms with Crippen molar-refractivity contribution in [1.29, 1.82) is 0 Å². The number of fused-ring (bicyclic) bond motifs is 2. The molecule has 2 aliphatic rings. The molecule has 4 nitrogen and oxygen atoms in total. The Bertz CT molecular complexity index is 460. The van der Waals surface area contributed by atoms with Gasteiger partial charge in [0.25, 0.3) is 0 Å². The zero-order valence-corrected chi connectivity index (χ0v) is 10.8. The third kappa shape index (κ3) is 2.26. The summed E-state index contributed by atoms with van der Waals surface area (Å²) < 4.78 is 0. The quantitative estimate of drug-likeness (QED) is 0.868. The van der Waals surface area contributed by atoms with E-state index < -0.39 is 11.6 Å². The number of carboxylic acid groups (broad SMARTS) is 1. The second-order valence-corrected chi connectivity index (χ2v) is 5.79. The molecule has 1 aromatic carbocycles. The first-order chi connectivity index (χ1) is 9.08. The fraction of sp³-hybridized carbons (Fsp3) is 0.533. The van der Waals surface area contributed by atoms with E-state index in [0.717, 1.165) is 19.4 Å². The smallest absolute Gasteiger partial charge is 0.335 e. The summed E-state index contributed by atoms with van der Waals surface area (Å²) in [4.78, 5) is 13.6. The standard InChI is InChI=1S/C15H19NO3/c17-14(18)15(19)8-12-6-7-13(9-15)16(12)10-11-4-2-1-3-5-11/h1-5,12-13,19H,6-10H2,(H,17,18)/t12-,13+,15+. The van der Waals surface area contributed by atoms with E-state index in [4.69, 9.17) is 5.11 Å². The predicted octanol–water partition coefficient (Wildman–Crippen LogP) is 1.63. The molecule has 2 aliphatic heterocycles. The van der Waals surface area contributed by atoms with E-state index in [1.807, 2.05) is 18.2 Å². The van der Waals surface area contributed by atoms with E-state index in [-0.39, 0.29) is 12.1 Å². The lowest BCUT2D eigenvalue weighted by atomic mass is 9.86. The summed E-state index contributed by atoms with van der Waals surface area (Å²) in [5, 5.41) is 19.4. The second kappa shape index (κ2) is 4.62. The van der Waals surface area contributed by atoms with Crippen LogP contribution in [0.4, 0.5) is 0 Å². The van der Waals surface area contributed by atoms with Gasteiger partial charge in [-0.25, -0.2) is 4.79 Å². The molecule has 4 heteroatoms. The Morgan fingerprint density at radius 3 is 2.32 bits per heavy atom. The lowest BCUT2D eigenvalue weighted by Crippen LogP contribution is -2.54. The van der Waals surface area contributed by atoms with Crippen LogP contribution in [0.25, 0.3) is 0 Å². The molecule has 1 aromatic rings. The van der Waals surface area contributed by atoms with Crippen molar-refractivity contribution >= 4 is 5.97 Å². The number of piperidine rings is 1. The molecule has 102 valence electrons. The fourth-order valence-electron chi connectivity index (χ4n) is 3.54. The van der Waals surface area contributed by atoms with Crippen LogP contribution in [0.1, 0.15) is 31.2 Å². The number of nitrogens with zero attached hydrogens (tertiary/aromatic N) is 1. The molecule has 0 saturated carbocycles. The molecule has 2 saturated heterocycles. The molecular weight excluding hydrogens is 242 g/mol. The second-order valence-electron chi connectivity index (χ2n) is 5.79. The Labute approximate surface area is 112 Å². The lowest BCUT2D eigenvalue weighted by molar-refractivity contribution is -0.167. The van der Waals surface area contributed by atoms with Crippen LogP contribution < -0.4 is 0 Å². The van der Waals surface area contributed by atoms with Gasteiger partial charge in [-0.2, -0.15) is 0 Å². The van der Waals surface area contributed by atoms with Gasteiger partial charge < -0.3 is 10.2 Å². The third-order valence-corrected chi connectivity index (χ3v) is 4.52. The third-order valence-electron chi connectivity index (χ3n) is 4.52. The SMILES string of the molecule is O=C(O)[C@]1(O)C[C@H]2CC[C@@H](C1)N2Cc1ccccc1. The summed E-state index contributed by atoms with van der Waals surface area (Å²) in [5.74, 6) is -1.07. The average Bonchev–Trinajstić information content (AvgIpc) is 2.64. The highest BCUT2D eigenvalue weighted by atomic mass is 16.4. The van der Waals surface area contributed by atoms with Crippen LogP contribution in [0.3, 0.4) is 0 Å². The van der Waals surface area contributed by atoms with Crippen LogP contribution in [0.5, 0.6) is 0 Å². The van der Waals surface area contributed by atoms with E-state index in [9.17, 15) is 9.90 Å². The molecule has 0 aromatic heterocycles. The fourth-order valence-corrected chi connectivity index (χ4v) is 3.54. The normalized spacial score (nSPS) is 34.4. The molecule has 2 heterocycles. The Morgan fingerprint density at radius 1 is 1.21 bits per heavy atom. The molecule has 0 radical (unpaired) electrons. The maximum Gasteiger partial charge on any atom is 0.335 e. The Hall–Kier alpha value is -1.39. The van der Waals surface area contributed by atoms with Gasteiger partial charge in [0.15, 0.2) is 5.60 Å². The Morgan fingerprint density at radius 2 is 1.79 bits per heavy atom. The monoisotopic (exact) mass is 261 g/mol. The number of carbonyl (C=O) groups is 1. The number of rotatable bonds is 3. The molecule has 0 unspecified atom stereocenters. The molecule has 2 N–H and O–H groups in total. The minimum atomic E-state index is -1.51. The van der Waals surface area contributed by atoms with Crippen molar-refractivity contribution in [2.24, 2.45) is 0 Å². The van der Waals surface area contributed by atoms with Crippen molar-refractivity contribution in [2.45, 2.75) is 49.9 Å². The van der Waals surface area contributed by atoms with E-state index in [1.54, 1.807) is 0 Å². The average molecular weight is 261 g/mol. The van der Waals surface area contributed by atoms with Gasteiger partial charge in [0.1, 0.15) is 0 Å². The van der Waals surface area contributed by atoms with Crippen molar-refractivity contribution in [1.82, 2.24) is 4.90 Å². The number of aliphatic carboxylic acids is 1. The number of hydrogen-bond acceptors (Lipinski definition) is 3. The highest BCUT2D eigenvalue weighted by Gasteiger charge is 2.51. The molecule has 2 bridgehead atoms. The summed E-state index contributed by atoms with van der Waals surface area (Å²) in [6.45, 7) is 0.853.